The van der Waals surface area contributed by atoms with Crippen LogP contribution in [0.2, 0.25) is 0 Å². The van der Waals surface area contributed by atoms with Gasteiger partial charge in [0.25, 0.3) is 5.91 Å². The molecule has 1 aromatic carbocycles. The maximum absolute atomic E-state index is 12.8. The molecule has 2 N–H and O–H groups in total. The van der Waals surface area contributed by atoms with Gasteiger partial charge in [-0.05, 0) is 30.7 Å². The number of carbonyl (C=O) groups is 1. The fourth-order valence-electron chi connectivity index (χ4n) is 2.64. The first-order valence-corrected chi connectivity index (χ1v) is 9.18. The van der Waals surface area contributed by atoms with Gasteiger partial charge in [-0.1, -0.05) is 29.9 Å². The van der Waals surface area contributed by atoms with Crippen molar-refractivity contribution in [1.82, 2.24) is 20.1 Å². The summed E-state index contributed by atoms with van der Waals surface area (Å²) in [7, 11) is 1.79. The van der Waals surface area contributed by atoms with Crippen LogP contribution in [-0.4, -0.2) is 20.7 Å². The van der Waals surface area contributed by atoms with Crippen molar-refractivity contribution in [1.29, 1.82) is 0 Å². The minimum absolute atomic E-state index is 0. The van der Waals surface area contributed by atoms with Crippen molar-refractivity contribution in [3.8, 4) is 0 Å². The first-order valence-electron chi connectivity index (χ1n) is 9.18. The third-order valence-electron chi connectivity index (χ3n) is 4.24. The normalized spacial score (nSPS) is 13.0. The second-order valence-electron chi connectivity index (χ2n) is 6.68. The number of rotatable bonds is 6. The van der Waals surface area contributed by atoms with E-state index in [4.69, 9.17) is 0 Å². The number of aromatic nitrogens is 3. The van der Waals surface area contributed by atoms with Crippen molar-refractivity contribution in [2.75, 3.05) is 5.32 Å². The smallest absolute Gasteiger partial charge is 0.560 e. The summed E-state index contributed by atoms with van der Waals surface area (Å²) < 4.78 is 40.1. The molecule has 0 bridgehead atoms. The number of pyridine rings is 1. The number of alkyl halides is 3. The molecule has 11 heteroatoms. The van der Waals surface area contributed by atoms with Crippen molar-refractivity contribution < 1.29 is 69.4 Å². The quantitative estimate of drug-likeness (QED) is 0.311. The zero-order valence-corrected chi connectivity index (χ0v) is 20.8. The molecular formula is C21H19F3KN6O-. The number of nitrogens with zero attached hydrogens (tertiary/aromatic N) is 4. The second kappa shape index (κ2) is 11.6. The Balaban J connectivity index is 0.00000363. The Hall–Kier alpha value is -2.18. The number of aryl methyl sites for hydroxylation is 1. The third kappa shape index (κ3) is 7.45. The molecule has 1 unspecified atom stereocenters. The molecule has 0 aliphatic heterocycles. The molecule has 32 heavy (non-hydrogen) atoms. The second-order valence-corrected chi connectivity index (χ2v) is 6.68. The summed E-state index contributed by atoms with van der Waals surface area (Å²) in [6, 6.07) is 7.55. The summed E-state index contributed by atoms with van der Waals surface area (Å²) in [6.07, 6.45) is 4.92. The van der Waals surface area contributed by atoms with E-state index >= 15 is 0 Å². The van der Waals surface area contributed by atoms with Gasteiger partial charge in [-0.3, -0.25) is 14.9 Å². The first kappa shape index (κ1) is 26.1. The number of halogens is 3. The van der Waals surface area contributed by atoms with Crippen molar-refractivity contribution >= 4 is 11.6 Å². The SMILES string of the molecule is CC(N[C-]=CN=c1cnn(C)[cH-]1)c1cccc(NC(=O)c2cncc(C(F)(F)F)c2)c1.[K+]. The topological polar surface area (TPSA) is 84.2 Å². The van der Waals surface area contributed by atoms with Gasteiger partial charge in [-0.15, -0.1) is 6.20 Å². The van der Waals surface area contributed by atoms with Gasteiger partial charge in [0, 0.05) is 31.2 Å². The Morgan fingerprint density at radius 2 is 2.06 bits per heavy atom. The van der Waals surface area contributed by atoms with Crippen LogP contribution in [0.3, 0.4) is 0 Å². The summed E-state index contributed by atoms with van der Waals surface area (Å²) in [5, 5.41) is 10.3. The number of nitrogens with one attached hydrogen (secondary N) is 2. The van der Waals surface area contributed by atoms with Gasteiger partial charge < -0.3 is 26.5 Å². The Morgan fingerprint density at radius 1 is 1.28 bits per heavy atom. The molecule has 7 nitrogen and oxygen atoms in total. The number of carbonyl (C=O) groups excluding carboxylic acids is 1. The van der Waals surface area contributed by atoms with E-state index in [-0.39, 0.29) is 63.0 Å². The van der Waals surface area contributed by atoms with E-state index in [9.17, 15) is 18.0 Å². The average Bonchev–Trinajstić information content (AvgIpc) is 3.15. The molecule has 0 fully saturated rings. The zero-order chi connectivity index (χ0) is 22.4. The number of anilines is 1. The van der Waals surface area contributed by atoms with E-state index in [0.717, 1.165) is 17.8 Å². The third-order valence-corrected chi connectivity index (χ3v) is 4.24. The molecule has 1 atom stereocenters. The van der Waals surface area contributed by atoms with Crippen LogP contribution in [0.4, 0.5) is 18.9 Å². The minimum atomic E-state index is -4.57. The van der Waals surface area contributed by atoms with Crippen molar-refractivity contribution in [3.05, 3.63) is 89.6 Å². The number of hydrogen-bond donors (Lipinski definition) is 2. The van der Waals surface area contributed by atoms with Crippen LogP contribution in [0.15, 0.2) is 66.3 Å². The van der Waals surface area contributed by atoms with Gasteiger partial charge in [0.05, 0.1) is 11.1 Å². The van der Waals surface area contributed by atoms with Gasteiger partial charge in [-0.25, -0.2) is 0 Å². The van der Waals surface area contributed by atoms with Gasteiger partial charge >= 0.3 is 57.6 Å². The van der Waals surface area contributed by atoms with Gasteiger partial charge in [0.1, 0.15) is 0 Å². The summed E-state index contributed by atoms with van der Waals surface area (Å²) in [4.78, 5) is 20.0. The van der Waals surface area contributed by atoms with Crippen molar-refractivity contribution in [3.63, 3.8) is 0 Å². The molecule has 1 amide bonds. The van der Waals surface area contributed by atoms with Crippen molar-refractivity contribution in [2.45, 2.75) is 19.1 Å². The van der Waals surface area contributed by atoms with E-state index in [1.165, 1.54) is 6.20 Å². The van der Waals surface area contributed by atoms with E-state index in [2.05, 4.69) is 31.9 Å². The van der Waals surface area contributed by atoms with E-state index in [0.29, 0.717) is 17.2 Å². The summed E-state index contributed by atoms with van der Waals surface area (Å²) >= 11 is 0. The summed E-state index contributed by atoms with van der Waals surface area (Å²) in [5.74, 6) is -0.682. The summed E-state index contributed by atoms with van der Waals surface area (Å²) in [5.41, 5.74) is 0.116. The van der Waals surface area contributed by atoms with Crippen LogP contribution in [-0.2, 0) is 13.2 Å². The molecule has 3 aromatic rings. The molecular weight excluding hydrogens is 448 g/mol. The summed E-state index contributed by atoms with van der Waals surface area (Å²) in [6.45, 7) is 1.89. The molecule has 0 spiro atoms. The predicted octanol–water partition coefficient (Wildman–Crippen LogP) is 0.335. The fraction of sp³-hybridized carbons (Fsp3) is 0.190. The maximum atomic E-state index is 12.8. The predicted molar refractivity (Wildman–Crippen MR) is 107 cm³/mol. The van der Waals surface area contributed by atoms with E-state index in [1.807, 2.05) is 13.0 Å². The minimum Gasteiger partial charge on any atom is -0.560 e. The monoisotopic (exact) mass is 467 g/mol. The fourth-order valence-corrected chi connectivity index (χ4v) is 2.64. The van der Waals surface area contributed by atoms with E-state index in [1.54, 1.807) is 42.3 Å². The molecule has 2 aromatic heterocycles. The van der Waals surface area contributed by atoms with Crippen LogP contribution in [0.1, 0.15) is 34.5 Å². The standard InChI is InChI=1S/C21H19F3N6O.K/c1-14(26-6-7-27-19-12-28-30(2)13-19)15-4-3-5-18(9-15)29-20(31)16-8-17(11-25-10-16)21(22,23)24;/h3-5,7-14,26H,1-2H3,(H,29,31);/q-2;+1. The van der Waals surface area contributed by atoms with Gasteiger partial charge in [-0.2, -0.15) is 13.2 Å². The largest absolute Gasteiger partial charge is 1.00 e. The van der Waals surface area contributed by atoms with Crippen LogP contribution in [0, 0.1) is 6.20 Å². The molecule has 0 aliphatic carbocycles. The molecule has 0 saturated heterocycles. The van der Waals surface area contributed by atoms with Gasteiger partial charge in [0.15, 0.2) is 0 Å². The van der Waals surface area contributed by atoms with Crippen molar-refractivity contribution in [2.24, 2.45) is 12.0 Å². The Morgan fingerprint density at radius 3 is 2.75 bits per heavy atom. The first-order chi connectivity index (χ1) is 14.7. The number of benzene rings is 1. The molecule has 0 aliphatic rings. The Labute approximate surface area is 225 Å². The van der Waals surface area contributed by atoms with Crippen LogP contribution >= 0.6 is 0 Å². The van der Waals surface area contributed by atoms with Crippen LogP contribution in [0.5, 0.6) is 0 Å². The van der Waals surface area contributed by atoms with E-state index < -0.39 is 17.6 Å². The molecule has 0 radical (unpaired) electrons. The molecule has 3 rings (SSSR count). The van der Waals surface area contributed by atoms with Crippen LogP contribution < -0.4 is 67.4 Å². The molecule has 2 heterocycles. The average molecular weight is 468 g/mol. The molecule has 0 saturated carbocycles. The number of amides is 1. The van der Waals surface area contributed by atoms with Gasteiger partial charge in [0.2, 0.25) is 0 Å². The maximum Gasteiger partial charge on any atom is 1.00 e. The Kier molecular flexibility index (Phi) is 9.46. The van der Waals surface area contributed by atoms with Crippen LogP contribution in [0.25, 0.3) is 0 Å². The zero-order valence-electron chi connectivity index (χ0n) is 17.7. The Bertz CT molecular complexity index is 1150. The number of hydrogen-bond acceptors (Lipinski definition) is 5. The molecule has 162 valence electrons.